The number of aromatic amines is 1. The van der Waals surface area contributed by atoms with E-state index >= 15 is 0 Å². The van der Waals surface area contributed by atoms with Gasteiger partial charge in [0, 0.05) is 36.6 Å². The van der Waals surface area contributed by atoms with Crippen LogP contribution in [0.3, 0.4) is 0 Å². The molecule has 0 unspecified atom stereocenters. The van der Waals surface area contributed by atoms with E-state index in [-0.39, 0.29) is 6.03 Å². The third-order valence-corrected chi connectivity index (χ3v) is 5.64. The van der Waals surface area contributed by atoms with Crippen LogP contribution in [-0.2, 0) is 6.61 Å². The lowest BCUT2D eigenvalue weighted by Crippen LogP contribution is -2.40. The van der Waals surface area contributed by atoms with Crippen molar-refractivity contribution in [2.75, 3.05) is 18.4 Å². The predicted octanol–water partition coefficient (Wildman–Crippen LogP) is 4.58. The monoisotopic (exact) mass is 415 g/mol. The SMILES string of the molecule is Cc1cc(OCc2cccc(C#N)c2)ccc1NC(=O)N1CCC(c2cnc[nH]2)CC1. The molecule has 7 heteroatoms. The van der Waals surface area contributed by atoms with E-state index in [0.717, 1.165) is 54.2 Å². The Hall–Kier alpha value is -3.79. The minimum Gasteiger partial charge on any atom is -0.489 e. The number of anilines is 1. The van der Waals surface area contributed by atoms with Gasteiger partial charge < -0.3 is 19.9 Å². The molecule has 0 spiro atoms. The van der Waals surface area contributed by atoms with Gasteiger partial charge in [-0.15, -0.1) is 0 Å². The highest BCUT2D eigenvalue weighted by Crippen LogP contribution is 2.27. The van der Waals surface area contributed by atoms with Crippen molar-refractivity contribution < 1.29 is 9.53 Å². The lowest BCUT2D eigenvalue weighted by molar-refractivity contribution is 0.194. The van der Waals surface area contributed by atoms with Crippen molar-refractivity contribution in [3.05, 3.63) is 77.4 Å². The largest absolute Gasteiger partial charge is 0.489 e. The number of hydrogen-bond donors (Lipinski definition) is 2. The average Bonchev–Trinajstić information content (AvgIpc) is 3.34. The van der Waals surface area contributed by atoms with Gasteiger partial charge >= 0.3 is 6.03 Å². The van der Waals surface area contributed by atoms with Crippen LogP contribution < -0.4 is 10.1 Å². The summed E-state index contributed by atoms with van der Waals surface area (Å²) in [6.45, 7) is 3.77. The Balaban J connectivity index is 1.31. The van der Waals surface area contributed by atoms with Crippen molar-refractivity contribution in [2.45, 2.75) is 32.3 Å². The molecule has 0 bridgehead atoms. The first-order chi connectivity index (χ1) is 15.1. The summed E-state index contributed by atoms with van der Waals surface area (Å²) in [5, 5.41) is 12.0. The lowest BCUT2D eigenvalue weighted by atomic mass is 9.94. The number of likely N-dealkylation sites (tertiary alicyclic amines) is 1. The first-order valence-electron chi connectivity index (χ1n) is 10.4. The minimum absolute atomic E-state index is 0.0758. The first kappa shape index (κ1) is 20.5. The molecule has 2 N–H and O–H groups in total. The smallest absolute Gasteiger partial charge is 0.321 e. The summed E-state index contributed by atoms with van der Waals surface area (Å²) in [4.78, 5) is 21.8. The van der Waals surface area contributed by atoms with Gasteiger partial charge in [-0.3, -0.25) is 0 Å². The van der Waals surface area contributed by atoms with E-state index in [1.54, 1.807) is 12.4 Å². The Morgan fingerprint density at radius 2 is 2.13 bits per heavy atom. The molecule has 31 heavy (non-hydrogen) atoms. The fraction of sp³-hybridized carbons (Fsp3) is 0.292. The molecule has 2 amide bonds. The molecule has 1 aromatic heterocycles. The molecule has 2 aromatic carbocycles. The predicted molar refractivity (Wildman–Crippen MR) is 118 cm³/mol. The molecule has 158 valence electrons. The number of nitrogens with one attached hydrogen (secondary N) is 2. The highest BCUT2D eigenvalue weighted by atomic mass is 16.5. The van der Waals surface area contributed by atoms with Gasteiger partial charge in [-0.25, -0.2) is 9.78 Å². The normalized spacial score (nSPS) is 14.1. The second-order valence-corrected chi connectivity index (χ2v) is 7.78. The zero-order chi connectivity index (χ0) is 21.6. The van der Waals surface area contributed by atoms with Crippen LogP contribution in [0.25, 0.3) is 0 Å². The Morgan fingerprint density at radius 3 is 2.84 bits per heavy atom. The fourth-order valence-electron chi connectivity index (χ4n) is 3.84. The number of aromatic nitrogens is 2. The van der Waals surface area contributed by atoms with E-state index in [1.807, 2.05) is 54.4 Å². The standard InChI is InChI=1S/C24H25N5O2/c1-17-11-21(31-15-19-4-2-3-18(12-19)13-25)5-6-22(17)28-24(30)29-9-7-20(8-10-29)23-14-26-16-27-23/h2-6,11-12,14,16,20H,7-10,15H2,1H3,(H,26,27)(H,28,30). The van der Waals surface area contributed by atoms with Crippen LogP contribution >= 0.6 is 0 Å². The summed E-state index contributed by atoms with van der Waals surface area (Å²) < 4.78 is 5.86. The van der Waals surface area contributed by atoms with E-state index in [9.17, 15) is 4.79 Å². The van der Waals surface area contributed by atoms with Gasteiger partial charge in [0.2, 0.25) is 0 Å². The van der Waals surface area contributed by atoms with Crippen molar-refractivity contribution in [1.82, 2.24) is 14.9 Å². The summed E-state index contributed by atoms with van der Waals surface area (Å²) in [7, 11) is 0. The van der Waals surface area contributed by atoms with Gasteiger partial charge in [0.15, 0.2) is 0 Å². The lowest BCUT2D eigenvalue weighted by Gasteiger charge is -2.31. The number of nitriles is 1. The number of piperidine rings is 1. The highest BCUT2D eigenvalue weighted by molar-refractivity contribution is 5.90. The van der Waals surface area contributed by atoms with Crippen molar-refractivity contribution in [3.8, 4) is 11.8 Å². The van der Waals surface area contributed by atoms with E-state index in [0.29, 0.717) is 18.1 Å². The van der Waals surface area contributed by atoms with Crippen LogP contribution in [0.2, 0.25) is 0 Å². The number of ether oxygens (including phenoxy) is 1. The molecule has 0 atom stereocenters. The maximum absolute atomic E-state index is 12.7. The number of benzene rings is 2. The molecule has 1 saturated heterocycles. The maximum atomic E-state index is 12.7. The maximum Gasteiger partial charge on any atom is 0.321 e. The number of hydrogen-bond acceptors (Lipinski definition) is 4. The third kappa shape index (κ3) is 5.04. The molecule has 3 aromatic rings. The molecule has 7 nitrogen and oxygen atoms in total. The summed E-state index contributed by atoms with van der Waals surface area (Å²) in [5.74, 6) is 1.15. The Kier molecular flexibility index (Phi) is 6.18. The number of H-pyrrole nitrogens is 1. The fourth-order valence-corrected chi connectivity index (χ4v) is 3.84. The number of carbonyl (C=O) groups excluding carboxylic acids is 1. The van der Waals surface area contributed by atoms with Crippen LogP contribution in [0.4, 0.5) is 10.5 Å². The van der Waals surface area contributed by atoms with Crippen molar-refractivity contribution >= 4 is 11.7 Å². The number of aryl methyl sites for hydroxylation is 1. The molecule has 1 aliphatic rings. The van der Waals surface area contributed by atoms with E-state index in [4.69, 9.17) is 10.00 Å². The molecule has 0 aliphatic carbocycles. The molecule has 0 radical (unpaired) electrons. The van der Waals surface area contributed by atoms with Crippen molar-refractivity contribution in [1.29, 1.82) is 5.26 Å². The van der Waals surface area contributed by atoms with Crippen molar-refractivity contribution in [3.63, 3.8) is 0 Å². The molecule has 2 heterocycles. The number of rotatable bonds is 5. The van der Waals surface area contributed by atoms with Crippen molar-refractivity contribution in [2.24, 2.45) is 0 Å². The average molecular weight is 415 g/mol. The summed E-state index contributed by atoms with van der Waals surface area (Å²) in [6.07, 6.45) is 5.42. The third-order valence-electron chi connectivity index (χ3n) is 5.64. The van der Waals surface area contributed by atoms with Crippen LogP contribution in [0, 0.1) is 18.3 Å². The Bertz CT molecular complexity index is 1080. The highest BCUT2D eigenvalue weighted by Gasteiger charge is 2.24. The second-order valence-electron chi connectivity index (χ2n) is 7.78. The minimum atomic E-state index is -0.0758. The van der Waals surface area contributed by atoms with Crippen LogP contribution in [0.5, 0.6) is 5.75 Å². The van der Waals surface area contributed by atoms with Crippen LogP contribution in [-0.4, -0.2) is 34.0 Å². The van der Waals surface area contributed by atoms with Gasteiger partial charge in [-0.1, -0.05) is 12.1 Å². The molecule has 4 rings (SSSR count). The number of amides is 2. The van der Waals surface area contributed by atoms with Crippen LogP contribution in [0.15, 0.2) is 55.0 Å². The van der Waals surface area contributed by atoms with Gasteiger partial charge in [-0.05, 0) is 61.2 Å². The molecular weight excluding hydrogens is 390 g/mol. The van der Waals surface area contributed by atoms with Gasteiger partial charge in [0.25, 0.3) is 0 Å². The Labute approximate surface area is 181 Å². The van der Waals surface area contributed by atoms with E-state index in [1.165, 1.54) is 0 Å². The second kappa shape index (κ2) is 9.35. The number of urea groups is 1. The molecule has 0 saturated carbocycles. The Morgan fingerprint density at radius 1 is 1.29 bits per heavy atom. The summed E-state index contributed by atoms with van der Waals surface area (Å²) in [6, 6.07) is 15.0. The van der Waals surface area contributed by atoms with Gasteiger partial charge in [0.05, 0.1) is 18.0 Å². The van der Waals surface area contributed by atoms with Crippen LogP contribution in [0.1, 0.15) is 41.1 Å². The van der Waals surface area contributed by atoms with E-state index < -0.39 is 0 Å². The number of nitrogens with zero attached hydrogens (tertiary/aromatic N) is 3. The number of carbonyl (C=O) groups is 1. The zero-order valence-electron chi connectivity index (χ0n) is 17.5. The quantitative estimate of drug-likeness (QED) is 0.638. The molecular formula is C24H25N5O2. The van der Waals surface area contributed by atoms with Gasteiger partial charge in [-0.2, -0.15) is 5.26 Å². The molecule has 1 aliphatic heterocycles. The molecule has 1 fully saturated rings. The zero-order valence-corrected chi connectivity index (χ0v) is 17.5. The van der Waals surface area contributed by atoms with E-state index in [2.05, 4.69) is 21.4 Å². The summed E-state index contributed by atoms with van der Waals surface area (Å²) in [5.41, 5.74) is 4.41. The first-order valence-corrected chi connectivity index (χ1v) is 10.4. The van der Waals surface area contributed by atoms with Gasteiger partial charge in [0.1, 0.15) is 12.4 Å². The topological polar surface area (TPSA) is 94.0 Å². The summed E-state index contributed by atoms with van der Waals surface area (Å²) >= 11 is 0. The number of imidazole rings is 1.